The Balaban J connectivity index is 1.68. The maximum absolute atomic E-state index is 12.5. The number of carbonyl (C=O) groups excluding carboxylic acids is 1. The normalized spacial score (nSPS) is 16.7. The van der Waals surface area contributed by atoms with Gasteiger partial charge >= 0.3 is 0 Å². The number of aromatic nitrogens is 1. The molecule has 1 amide bonds. The number of H-pyrrole nitrogens is 1. The maximum atomic E-state index is 12.5. The summed E-state index contributed by atoms with van der Waals surface area (Å²) < 4.78 is 11.2. The van der Waals surface area contributed by atoms with Crippen LogP contribution in [0.15, 0.2) is 24.4 Å². The van der Waals surface area contributed by atoms with Gasteiger partial charge in [-0.3, -0.25) is 4.79 Å². The Morgan fingerprint density at radius 1 is 1.32 bits per heavy atom. The number of nitrogens with one attached hydrogen (secondary N) is 2. The quantitative estimate of drug-likeness (QED) is 0.809. The molecule has 1 fully saturated rings. The minimum atomic E-state index is 0.0616. The molecule has 0 atom stereocenters. The number of benzene rings is 1. The van der Waals surface area contributed by atoms with E-state index < -0.39 is 0 Å². The zero-order valence-electron chi connectivity index (χ0n) is 15.2. The second-order valence-corrected chi connectivity index (χ2v) is 6.85. The first-order valence-electron chi connectivity index (χ1n) is 9.23. The predicted octanol–water partition coefficient (Wildman–Crippen LogP) is 3.43. The highest BCUT2D eigenvalue weighted by Gasteiger charge is 2.31. The molecule has 2 heterocycles. The maximum Gasteiger partial charge on any atom is 0.224 e. The Kier molecular flexibility index (Phi) is 5.63. The van der Waals surface area contributed by atoms with Crippen LogP contribution < -0.4 is 10.1 Å². The van der Waals surface area contributed by atoms with Crippen LogP contribution in [0.1, 0.15) is 38.7 Å². The van der Waals surface area contributed by atoms with E-state index >= 15 is 0 Å². The van der Waals surface area contributed by atoms with E-state index in [2.05, 4.69) is 17.2 Å². The van der Waals surface area contributed by atoms with Crippen molar-refractivity contribution in [3.63, 3.8) is 0 Å². The van der Waals surface area contributed by atoms with Gasteiger partial charge in [-0.15, -0.1) is 0 Å². The lowest BCUT2D eigenvalue weighted by Crippen LogP contribution is -2.41. The molecule has 25 heavy (non-hydrogen) atoms. The van der Waals surface area contributed by atoms with Crippen molar-refractivity contribution in [2.24, 2.45) is 5.41 Å². The van der Waals surface area contributed by atoms with Gasteiger partial charge in [0.15, 0.2) is 0 Å². The topological polar surface area (TPSA) is 63.4 Å². The number of ether oxygens (including phenoxy) is 2. The molecule has 1 aliphatic rings. The molecule has 5 nitrogen and oxygen atoms in total. The van der Waals surface area contributed by atoms with Crippen LogP contribution in [0.3, 0.4) is 0 Å². The van der Waals surface area contributed by atoms with Crippen LogP contribution in [0.5, 0.6) is 5.75 Å². The molecular weight excluding hydrogens is 316 g/mol. The number of fused-ring (bicyclic) bond motifs is 1. The summed E-state index contributed by atoms with van der Waals surface area (Å²) in [5.74, 6) is 0.894. The SMILES string of the molecule is CCOc1cccc2[nH]cc(CC(=O)NCC3(CC)CCOCC3)c12. The molecule has 1 aliphatic heterocycles. The largest absolute Gasteiger partial charge is 0.493 e. The Hall–Kier alpha value is -2.01. The van der Waals surface area contributed by atoms with Crippen molar-refractivity contribution < 1.29 is 14.3 Å². The smallest absolute Gasteiger partial charge is 0.224 e. The lowest BCUT2D eigenvalue weighted by molar-refractivity contribution is -0.121. The lowest BCUT2D eigenvalue weighted by atomic mass is 9.78. The van der Waals surface area contributed by atoms with E-state index in [4.69, 9.17) is 9.47 Å². The summed E-state index contributed by atoms with van der Waals surface area (Å²) >= 11 is 0. The van der Waals surface area contributed by atoms with Gasteiger partial charge in [-0.2, -0.15) is 0 Å². The fraction of sp³-hybridized carbons (Fsp3) is 0.550. The molecule has 2 N–H and O–H groups in total. The number of hydrogen-bond acceptors (Lipinski definition) is 3. The first-order chi connectivity index (χ1) is 12.2. The first kappa shape index (κ1) is 17.8. The zero-order chi connectivity index (χ0) is 17.7. The standard InChI is InChI=1S/C20H28N2O3/c1-3-20(8-10-24-11-9-20)14-22-18(23)12-15-13-21-16-6-5-7-17(19(15)16)25-4-2/h5-7,13,21H,3-4,8-12,14H2,1-2H3,(H,22,23). The van der Waals surface area contributed by atoms with Crippen LogP contribution in [0.25, 0.3) is 10.9 Å². The van der Waals surface area contributed by atoms with Crippen LogP contribution in [-0.4, -0.2) is 37.3 Å². The summed E-state index contributed by atoms with van der Waals surface area (Å²) in [6, 6.07) is 5.92. The van der Waals surface area contributed by atoms with Gasteiger partial charge in [0.05, 0.1) is 13.0 Å². The first-order valence-corrected chi connectivity index (χ1v) is 9.23. The Morgan fingerprint density at radius 3 is 2.84 bits per heavy atom. The van der Waals surface area contributed by atoms with Crippen molar-refractivity contribution in [2.45, 2.75) is 39.5 Å². The summed E-state index contributed by atoms with van der Waals surface area (Å²) in [5.41, 5.74) is 2.17. The van der Waals surface area contributed by atoms with E-state index in [0.717, 1.165) is 61.2 Å². The zero-order valence-corrected chi connectivity index (χ0v) is 15.2. The highest BCUT2D eigenvalue weighted by molar-refractivity contribution is 5.93. The van der Waals surface area contributed by atoms with E-state index in [-0.39, 0.29) is 11.3 Å². The Bertz CT molecular complexity index is 717. The van der Waals surface area contributed by atoms with E-state index in [9.17, 15) is 4.79 Å². The molecule has 136 valence electrons. The highest BCUT2D eigenvalue weighted by Crippen LogP contribution is 2.33. The summed E-state index contributed by atoms with van der Waals surface area (Å²) in [7, 11) is 0. The van der Waals surface area contributed by atoms with Crippen molar-refractivity contribution >= 4 is 16.8 Å². The molecule has 5 heteroatoms. The molecular formula is C20H28N2O3. The van der Waals surface area contributed by atoms with Crippen molar-refractivity contribution in [2.75, 3.05) is 26.4 Å². The van der Waals surface area contributed by atoms with E-state index in [1.807, 2.05) is 31.3 Å². The van der Waals surface area contributed by atoms with Gasteiger partial charge < -0.3 is 19.8 Å². The van der Waals surface area contributed by atoms with E-state index in [0.29, 0.717) is 13.0 Å². The Morgan fingerprint density at radius 2 is 2.12 bits per heavy atom. The second-order valence-electron chi connectivity index (χ2n) is 6.85. The third kappa shape index (κ3) is 3.98. The monoisotopic (exact) mass is 344 g/mol. The van der Waals surface area contributed by atoms with Crippen LogP contribution in [0.2, 0.25) is 0 Å². The van der Waals surface area contributed by atoms with Gasteiger partial charge in [-0.05, 0) is 49.3 Å². The minimum absolute atomic E-state index is 0.0616. The number of carbonyl (C=O) groups is 1. The van der Waals surface area contributed by atoms with Gasteiger partial charge in [0, 0.05) is 36.9 Å². The van der Waals surface area contributed by atoms with Crippen LogP contribution in [0, 0.1) is 5.41 Å². The van der Waals surface area contributed by atoms with E-state index in [1.54, 1.807) is 0 Å². The number of hydrogen-bond donors (Lipinski definition) is 2. The Labute approximate surface area is 149 Å². The molecule has 0 radical (unpaired) electrons. The van der Waals surface area contributed by atoms with Crippen molar-refractivity contribution in [1.82, 2.24) is 10.3 Å². The molecule has 1 aromatic heterocycles. The summed E-state index contributed by atoms with van der Waals surface area (Å²) in [4.78, 5) is 15.8. The average Bonchev–Trinajstić information content (AvgIpc) is 3.05. The lowest BCUT2D eigenvalue weighted by Gasteiger charge is -2.36. The number of amides is 1. The van der Waals surface area contributed by atoms with Crippen LogP contribution in [0.4, 0.5) is 0 Å². The van der Waals surface area contributed by atoms with Crippen LogP contribution in [-0.2, 0) is 16.0 Å². The molecule has 2 aromatic rings. The predicted molar refractivity (Wildman–Crippen MR) is 99.0 cm³/mol. The van der Waals surface area contributed by atoms with Gasteiger partial charge in [0.1, 0.15) is 5.75 Å². The molecule has 0 bridgehead atoms. The van der Waals surface area contributed by atoms with Gasteiger partial charge in [-0.1, -0.05) is 13.0 Å². The fourth-order valence-electron chi connectivity index (χ4n) is 3.62. The molecule has 0 unspecified atom stereocenters. The molecule has 1 aromatic carbocycles. The third-order valence-corrected chi connectivity index (χ3v) is 5.36. The number of rotatable bonds is 7. The van der Waals surface area contributed by atoms with E-state index in [1.165, 1.54) is 0 Å². The van der Waals surface area contributed by atoms with Gasteiger partial charge in [0.2, 0.25) is 5.91 Å². The van der Waals surface area contributed by atoms with Gasteiger partial charge in [-0.25, -0.2) is 0 Å². The van der Waals surface area contributed by atoms with Crippen molar-refractivity contribution in [3.05, 3.63) is 30.0 Å². The average molecular weight is 344 g/mol. The third-order valence-electron chi connectivity index (χ3n) is 5.36. The fourth-order valence-corrected chi connectivity index (χ4v) is 3.62. The summed E-state index contributed by atoms with van der Waals surface area (Å²) in [5, 5.41) is 4.16. The summed E-state index contributed by atoms with van der Waals surface area (Å²) in [6.07, 6.45) is 5.38. The van der Waals surface area contributed by atoms with Gasteiger partial charge in [0.25, 0.3) is 0 Å². The number of aromatic amines is 1. The minimum Gasteiger partial charge on any atom is -0.493 e. The molecule has 0 aliphatic carbocycles. The van der Waals surface area contributed by atoms with Crippen molar-refractivity contribution in [3.8, 4) is 5.75 Å². The molecule has 3 rings (SSSR count). The van der Waals surface area contributed by atoms with Crippen LogP contribution >= 0.6 is 0 Å². The summed E-state index contributed by atoms with van der Waals surface area (Å²) in [6.45, 7) is 7.10. The molecule has 0 saturated carbocycles. The molecule has 0 spiro atoms. The van der Waals surface area contributed by atoms with Crippen molar-refractivity contribution in [1.29, 1.82) is 0 Å². The second kappa shape index (κ2) is 7.91. The highest BCUT2D eigenvalue weighted by atomic mass is 16.5. The molecule has 1 saturated heterocycles.